The van der Waals surface area contributed by atoms with E-state index < -0.39 is 0 Å². The van der Waals surface area contributed by atoms with E-state index in [0.29, 0.717) is 5.54 Å². The molecule has 1 aliphatic rings. The molecule has 0 radical (unpaired) electrons. The molecule has 1 rings (SSSR count). The van der Waals surface area contributed by atoms with Crippen LogP contribution in [0.2, 0.25) is 0 Å². The largest absolute Gasteiger partial charge is 0.315 e. The number of nitrogens with two attached hydrogens (primary N) is 1. The maximum Gasteiger partial charge on any atom is 0.0688 e. The maximum absolute atomic E-state index is 6.00. The van der Waals surface area contributed by atoms with E-state index >= 15 is 0 Å². The topological polar surface area (TPSA) is 41.3 Å². The van der Waals surface area contributed by atoms with Crippen LogP contribution >= 0.6 is 0 Å². The molecular formula is C16H35N3. The zero-order valence-electron chi connectivity index (χ0n) is 13.4. The number of hydrogen-bond acceptors (Lipinski definition) is 3. The Hall–Kier alpha value is -0.120. The number of hydrogen-bond donors (Lipinski definition) is 2. The zero-order valence-corrected chi connectivity index (χ0v) is 13.4. The molecule has 3 nitrogen and oxygen atoms in total. The van der Waals surface area contributed by atoms with Gasteiger partial charge in [-0.25, -0.2) is 0 Å². The van der Waals surface area contributed by atoms with Gasteiger partial charge in [0.25, 0.3) is 0 Å². The minimum absolute atomic E-state index is 0.168. The van der Waals surface area contributed by atoms with Gasteiger partial charge in [0, 0.05) is 18.8 Å². The van der Waals surface area contributed by atoms with Crippen molar-refractivity contribution in [2.75, 3.05) is 13.2 Å². The van der Waals surface area contributed by atoms with Crippen LogP contribution in [0.3, 0.4) is 0 Å². The van der Waals surface area contributed by atoms with Gasteiger partial charge in [-0.2, -0.15) is 0 Å². The van der Waals surface area contributed by atoms with Crippen LogP contribution in [0, 0.1) is 0 Å². The molecule has 0 aromatic rings. The molecule has 2 atom stereocenters. The Morgan fingerprint density at radius 2 is 1.63 bits per heavy atom. The fourth-order valence-electron chi connectivity index (χ4n) is 3.13. The summed E-state index contributed by atoms with van der Waals surface area (Å²) >= 11 is 0. The second-order valence-electron chi connectivity index (χ2n) is 6.46. The lowest BCUT2D eigenvalue weighted by molar-refractivity contribution is 0.104. The molecule has 114 valence electrons. The highest BCUT2D eigenvalue weighted by Crippen LogP contribution is 2.30. The maximum atomic E-state index is 6.00. The van der Waals surface area contributed by atoms with Crippen molar-refractivity contribution in [3.8, 4) is 0 Å². The molecular weight excluding hydrogens is 234 g/mol. The zero-order chi connectivity index (χ0) is 14.1. The summed E-state index contributed by atoms with van der Waals surface area (Å²) in [5, 5.41) is 3.37. The van der Waals surface area contributed by atoms with Crippen molar-refractivity contribution in [2.45, 2.75) is 90.3 Å². The second-order valence-corrected chi connectivity index (χ2v) is 6.46. The summed E-state index contributed by atoms with van der Waals surface area (Å²) < 4.78 is 0. The molecule has 1 saturated heterocycles. The van der Waals surface area contributed by atoms with Crippen LogP contribution in [-0.2, 0) is 0 Å². The minimum Gasteiger partial charge on any atom is -0.315 e. The average molecular weight is 269 g/mol. The van der Waals surface area contributed by atoms with Crippen LogP contribution in [0.15, 0.2) is 0 Å². The fourth-order valence-corrected chi connectivity index (χ4v) is 3.13. The number of rotatable bonds is 10. The van der Waals surface area contributed by atoms with Crippen molar-refractivity contribution < 1.29 is 0 Å². The van der Waals surface area contributed by atoms with Crippen LogP contribution in [0.4, 0.5) is 0 Å². The van der Waals surface area contributed by atoms with E-state index in [2.05, 4.69) is 31.0 Å². The monoisotopic (exact) mass is 269 g/mol. The van der Waals surface area contributed by atoms with Crippen LogP contribution < -0.4 is 11.1 Å². The molecule has 1 fully saturated rings. The molecule has 0 saturated carbocycles. The third kappa shape index (κ3) is 5.80. The van der Waals surface area contributed by atoms with Crippen molar-refractivity contribution in [2.24, 2.45) is 5.73 Å². The van der Waals surface area contributed by atoms with E-state index in [1.54, 1.807) is 0 Å². The summed E-state index contributed by atoms with van der Waals surface area (Å²) in [5.41, 5.74) is 6.35. The predicted octanol–water partition coefficient (Wildman–Crippen LogP) is 3.44. The van der Waals surface area contributed by atoms with Gasteiger partial charge in [0.05, 0.1) is 6.17 Å². The fraction of sp³-hybridized carbons (Fsp3) is 1.00. The van der Waals surface area contributed by atoms with E-state index in [0.717, 1.165) is 13.2 Å². The van der Waals surface area contributed by atoms with Gasteiger partial charge in [0.1, 0.15) is 0 Å². The summed E-state index contributed by atoms with van der Waals surface area (Å²) in [6.45, 7) is 9.00. The van der Waals surface area contributed by atoms with Gasteiger partial charge in [-0.1, -0.05) is 58.8 Å². The Kier molecular flexibility index (Phi) is 7.96. The van der Waals surface area contributed by atoms with Crippen LogP contribution in [0.1, 0.15) is 78.6 Å². The highest BCUT2D eigenvalue weighted by Gasteiger charge is 2.34. The SMILES string of the molecule is CCCCCCC(C)(CCCCC)N1CNC(N)C1. The van der Waals surface area contributed by atoms with Crippen molar-refractivity contribution in [3.05, 3.63) is 0 Å². The molecule has 0 aromatic carbocycles. The predicted molar refractivity (Wildman–Crippen MR) is 84.0 cm³/mol. The van der Waals surface area contributed by atoms with E-state index in [-0.39, 0.29) is 6.17 Å². The minimum atomic E-state index is 0.168. The average Bonchev–Trinajstić information content (AvgIpc) is 2.82. The van der Waals surface area contributed by atoms with Gasteiger partial charge in [0.2, 0.25) is 0 Å². The Bertz CT molecular complexity index is 232. The first kappa shape index (κ1) is 16.9. The first-order chi connectivity index (χ1) is 9.12. The van der Waals surface area contributed by atoms with Crippen molar-refractivity contribution in [1.82, 2.24) is 10.2 Å². The second kappa shape index (κ2) is 8.93. The third-order valence-corrected chi connectivity index (χ3v) is 4.61. The lowest BCUT2D eigenvalue weighted by Gasteiger charge is -2.39. The summed E-state index contributed by atoms with van der Waals surface area (Å²) in [7, 11) is 0. The molecule has 3 N–H and O–H groups in total. The highest BCUT2D eigenvalue weighted by molar-refractivity contribution is 4.90. The summed E-state index contributed by atoms with van der Waals surface area (Å²) in [6, 6.07) is 0. The Labute approximate surface area is 120 Å². The van der Waals surface area contributed by atoms with Crippen molar-refractivity contribution in [3.63, 3.8) is 0 Å². The Morgan fingerprint density at radius 3 is 2.16 bits per heavy atom. The smallest absolute Gasteiger partial charge is 0.0688 e. The molecule has 3 heteroatoms. The molecule has 2 unspecified atom stereocenters. The van der Waals surface area contributed by atoms with Gasteiger partial charge in [-0.3, -0.25) is 10.2 Å². The summed E-state index contributed by atoms with van der Waals surface area (Å²) in [6.07, 6.45) is 12.3. The van der Waals surface area contributed by atoms with Crippen molar-refractivity contribution in [1.29, 1.82) is 0 Å². The summed E-state index contributed by atoms with van der Waals surface area (Å²) in [5.74, 6) is 0. The van der Waals surface area contributed by atoms with Crippen LogP contribution in [0.5, 0.6) is 0 Å². The molecule has 1 heterocycles. The quantitative estimate of drug-likeness (QED) is 0.597. The van der Waals surface area contributed by atoms with Crippen LogP contribution in [-0.4, -0.2) is 29.8 Å². The lowest BCUT2D eigenvalue weighted by atomic mass is 9.87. The molecule has 0 aromatic heterocycles. The third-order valence-electron chi connectivity index (χ3n) is 4.61. The Morgan fingerprint density at radius 1 is 1.05 bits per heavy atom. The molecule has 0 aliphatic carbocycles. The molecule has 0 spiro atoms. The summed E-state index contributed by atoms with van der Waals surface area (Å²) in [4.78, 5) is 2.58. The number of nitrogens with zero attached hydrogens (tertiary/aromatic N) is 1. The van der Waals surface area contributed by atoms with Crippen LogP contribution in [0.25, 0.3) is 0 Å². The number of unbranched alkanes of at least 4 members (excludes halogenated alkanes) is 5. The lowest BCUT2D eigenvalue weighted by Crippen LogP contribution is -2.46. The van der Waals surface area contributed by atoms with Gasteiger partial charge in [-0.05, 0) is 19.8 Å². The van der Waals surface area contributed by atoms with Gasteiger partial charge in [0.15, 0.2) is 0 Å². The van der Waals surface area contributed by atoms with E-state index in [9.17, 15) is 0 Å². The standard InChI is InChI=1S/C16H35N3/c1-4-6-8-10-12-16(3,11-9-7-5-2)19-13-15(17)18-14-19/h15,18H,4-14,17H2,1-3H3. The van der Waals surface area contributed by atoms with E-state index in [4.69, 9.17) is 5.73 Å². The van der Waals surface area contributed by atoms with E-state index in [1.165, 1.54) is 57.8 Å². The van der Waals surface area contributed by atoms with Gasteiger partial charge < -0.3 is 5.73 Å². The number of nitrogens with one attached hydrogen (secondary N) is 1. The van der Waals surface area contributed by atoms with Gasteiger partial charge in [-0.15, -0.1) is 0 Å². The first-order valence-corrected chi connectivity index (χ1v) is 8.36. The normalized spacial score (nSPS) is 23.7. The molecule has 1 aliphatic heterocycles. The Balaban J connectivity index is 2.45. The molecule has 0 amide bonds. The van der Waals surface area contributed by atoms with Crippen molar-refractivity contribution >= 4 is 0 Å². The van der Waals surface area contributed by atoms with Gasteiger partial charge >= 0.3 is 0 Å². The molecule has 19 heavy (non-hydrogen) atoms. The van der Waals surface area contributed by atoms with E-state index in [1.807, 2.05) is 0 Å². The first-order valence-electron chi connectivity index (χ1n) is 8.36. The highest BCUT2D eigenvalue weighted by atomic mass is 15.4. The molecule has 0 bridgehead atoms.